The highest BCUT2D eigenvalue weighted by molar-refractivity contribution is 7.10. The van der Waals surface area contributed by atoms with Gasteiger partial charge in [-0.1, -0.05) is 0 Å². The molecule has 0 atom stereocenters. The number of piperazine rings is 1. The lowest BCUT2D eigenvalue weighted by Crippen LogP contribution is -2.53. The Bertz CT molecular complexity index is 769. The van der Waals surface area contributed by atoms with Crippen LogP contribution in [0.15, 0.2) is 11.4 Å². The van der Waals surface area contributed by atoms with E-state index in [0.717, 1.165) is 26.1 Å². The first-order valence-electron chi connectivity index (χ1n) is 10.8. The van der Waals surface area contributed by atoms with E-state index in [4.69, 9.17) is 4.74 Å². The normalized spacial score (nSPS) is 20.2. The number of thiophene rings is 1. The van der Waals surface area contributed by atoms with Crippen LogP contribution in [0.1, 0.15) is 23.3 Å². The van der Waals surface area contributed by atoms with Crippen LogP contribution in [0.2, 0.25) is 0 Å². The maximum atomic E-state index is 12.6. The number of morpholine rings is 1. The van der Waals surface area contributed by atoms with Crippen molar-refractivity contribution < 1.29 is 19.1 Å². The van der Waals surface area contributed by atoms with Gasteiger partial charge in [-0.05, 0) is 23.4 Å². The highest BCUT2D eigenvalue weighted by atomic mass is 32.1. The molecular weight excluding hydrogens is 404 g/mol. The summed E-state index contributed by atoms with van der Waals surface area (Å²) in [4.78, 5) is 46.6. The quantitative estimate of drug-likeness (QED) is 0.672. The molecule has 9 heteroatoms. The van der Waals surface area contributed by atoms with Gasteiger partial charge in [0.1, 0.15) is 0 Å². The Morgan fingerprint density at radius 3 is 2.17 bits per heavy atom. The Labute approximate surface area is 181 Å². The van der Waals surface area contributed by atoms with E-state index < -0.39 is 0 Å². The fourth-order valence-electron chi connectivity index (χ4n) is 4.25. The van der Waals surface area contributed by atoms with Crippen molar-refractivity contribution >= 4 is 29.1 Å². The summed E-state index contributed by atoms with van der Waals surface area (Å²) in [6, 6.07) is 2.09. The fourth-order valence-corrected chi connectivity index (χ4v) is 5.14. The Balaban J connectivity index is 1.16. The molecule has 0 unspecified atom stereocenters. The maximum absolute atomic E-state index is 12.6. The van der Waals surface area contributed by atoms with Crippen molar-refractivity contribution in [2.45, 2.75) is 25.8 Å². The highest BCUT2D eigenvalue weighted by Gasteiger charge is 2.27. The molecule has 3 amide bonds. The van der Waals surface area contributed by atoms with Gasteiger partial charge < -0.3 is 19.4 Å². The van der Waals surface area contributed by atoms with Crippen LogP contribution in [0, 0.1) is 0 Å². The summed E-state index contributed by atoms with van der Waals surface area (Å²) in [6.45, 7) is 7.00. The van der Waals surface area contributed by atoms with Gasteiger partial charge in [0, 0.05) is 70.1 Å². The van der Waals surface area contributed by atoms with Gasteiger partial charge in [-0.25, -0.2) is 0 Å². The van der Waals surface area contributed by atoms with E-state index in [1.54, 1.807) is 16.2 Å². The van der Waals surface area contributed by atoms with Crippen molar-refractivity contribution in [3.63, 3.8) is 0 Å². The molecule has 164 valence electrons. The van der Waals surface area contributed by atoms with Crippen LogP contribution in [-0.2, 0) is 32.1 Å². The smallest absolute Gasteiger partial charge is 0.236 e. The van der Waals surface area contributed by atoms with Crippen LogP contribution < -0.4 is 0 Å². The molecule has 0 N–H and O–H groups in total. The molecule has 0 radical (unpaired) electrons. The molecule has 0 spiro atoms. The van der Waals surface area contributed by atoms with Crippen molar-refractivity contribution in [2.24, 2.45) is 0 Å². The second-order valence-corrected chi connectivity index (χ2v) is 9.09. The van der Waals surface area contributed by atoms with Gasteiger partial charge in [0.15, 0.2) is 0 Å². The van der Waals surface area contributed by atoms with Crippen LogP contribution >= 0.6 is 11.3 Å². The van der Waals surface area contributed by atoms with Crippen molar-refractivity contribution in [3.05, 3.63) is 21.9 Å². The molecule has 30 heavy (non-hydrogen) atoms. The Morgan fingerprint density at radius 2 is 1.47 bits per heavy atom. The van der Waals surface area contributed by atoms with Crippen LogP contribution in [0.25, 0.3) is 0 Å². The first-order chi connectivity index (χ1) is 14.6. The molecule has 4 rings (SSSR count). The summed E-state index contributed by atoms with van der Waals surface area (Å²) in [7, 11) is 0. The first-order valence-corrected chi connectivity index (χ1v) is 11.7. The summed E-state index contributed by atoms with van der Waals surface area (Å²) in [5.41, 5.74) is 1.24. The Hall–Kier alpha value is -1.97. The molecule has 0 aromatic carbocycles. The number of fused-ring (bicyclic) bond motifs is 1. The van der Waals surface area contributed by atoms with Gasteiger partial charge >= 0.3 is 0 Å². The summed E-state index contributed by atoms with van der Waals surface area (Å²) < 4.78 is 5.32. The van der Waals surface area contributed by atoms with Crippen molar-refractivity contribution in [3.8, 4) is 0 Å². The average Bonchev–Trinajstić information content (AvgIpc) is 3.26. The summed E-state index contributed by atoms with van der Waals surface area (Å²) >= 11 is 1.75. The van der Waals surface area contributed by atoms with Crippen LogP contribution in [-0.4, -0.2) is 103 Å². The standard InChI is InChI=1S/C21H30N4O4S/c26-19(1-2-20(27)25-5-3-18-17(15-25)4-14-30-18)23-6-8-24(9-7-23)21(28)16-22-10-12-29-13-11-22/h4,14H,1-3,5-13,15-16H2. The minimum absolute atomic E-state index is 0.0110. The van der Waals surface area contributed by atoms with Gasteiger partial charge in [-0.3, -0.25) is 19.3 Å². The minimum atomic E-state index is 0.0110. The maximum Gasteiger partial charge on any atom is 0.236 e. The van der Waals surface area contributed by atoms with E-state index >= 15 is 0 Å². The van der Waals surface area contributed by atoms with Gasteiger partial charge in [0.05, 0.1) is 19.8 Å². The average molecular weight is 435 g/mol. The topological polar surface area (TPSA) is 73.4 Å². The molecular formula is C21H30N4O4S. The van der Waals surface area contributed by atoms with Crippen LogP contribution in [0.3, 0.4) is 0 Å². The van der Waals surface area contributed by atoms with E-state index in [-0.39, 0.29) is 30.6 Å². The SMILES string of the molecule is O=C(CCC(=O)N1CCc2sccc2C1)N1CCN(C(=O)CN2CCOCC2)CC1. The largest absolute Gasteiger partial charge is 0.379 e. The van der Waals surface area contributed by atoms with E-state index in [1.807, 2.05) is 9.80 Å². The minimum Gasteiger partial charge on any atom is -0.379 e. The molecule has 3 aliphatic rings. The molecule has 0 bridgehead atoms. The molecule has 4 heterocycles. The number of carbonyl (C=O) groups is 3. The number of hydrogen-bond acceptors (Lipinski definition) is 6. The molecule has 8 nitrogen and oxygen atoms in total. The number of carbonyl (C=O) groups excluding carboxylic acids is 3. The number of rotatable bonds is 5. The lowest BCUT2D eigenvalue weighted by molar-refractivity contribution is -0.142. The number of hydrogen-bond donors (Lipinski definition) is 0. The van der Waals surface area contributed by atoms with Crippen molar-refractivity contribution in [1.29, 1.82) is 0 Å². The van der Waals surface area contributed by atoms with Gasteiger partial charge in [0.25, 0.3) is 0 Å². The molecule has 2 saturated heterocycles. The van der Waals surface area contributed by atoms with E-state index in [2.05, 4.69) is 16.3 Å². The van der Waals surface area contributed by atoms with Gasteiger partial charge in [-0.15, -0.1) is 11.3 Å². The van der Waals surface area contributed by atoms with Crippen LogP contribution in [0.5, 0.6) is 0 Å². The predicted octanol–water partition coefficient (Wildman–Crippen LogP) is 0.416. The monoisotopic (exact) mass is 434 g/mol. The number of ether oxygens (including phenoxy) is 1. The number of amides is 3. The van der Waals surface area contributed by atoms with Gasteiger partial charge in [-0.2, -0.15) is 0 Å². The van der Waals surface area contributed by atoms with E-state index in [0.29, 0.717) is 52.5 Å². The molecule has 1 aromatic rings. The second-order valence-electron chi connectivity index (χ2n) is 8.08. The molecule has 3 aliphatic heterocycles. The lowest BCUT2D eigenvalue weighted by atomic mass is 10.1. The van der Waals surface area contributed by atoms with Crippen molar-refractivity contribution in [2.75, 3.05) is 65.6 Å². The van der Waals surface area contributed by atoms with E-state index in [1.165, 1.54) is 10.4 Å². The predicted molar refractivity (Wildman–Crippen MR) is 113 cm³/mol. The Morgan fingerprint density at radius 1 is 0.833 bits per heavy atom. The summed E-state index contributed by atoms with van der Waals surface area (Å²) in [5.74, 6) is 0.188. The van der Waals surface area contributed by atoms with Crippen molar-refractivity contribution in [1.82, 2.24) is 19.6 Å². The zero-order valence-electron chi connectivity index (χ0n) is 17.4. The van der Waals surface area contributed by atoms with Crippen LogP contribution in [0.4, 0.5) is 0 Å². The fraction of sp³-hybridized carbons (Fsp3) is 0.667. The first kappa shape index (κ1) is 21.3. The summed E-state index contributed by atoms with van der Waals surface area (Å²) in [5, 5.41) is 2.08. The lowest BCUT2D eigenvalue weighted by Gasteiger charge is -2.36. The third kappa shape index (κ3) is 5.19. The van der Waals surface area contributed by atoms with Gasteiger partial charge in [0.2, 0.25) is 17.7 Å². The third-order valence-corrected chi connectivity index (χ3v) is 7.18. The van der Waals surface area contributed by atoms with E-state index in [9.17, 15) is 14.4 Å². The zero-order chi connectivity index (χ0) is 20.9. The summed E-state index contributed by atoms with van der Waals surface area (Å²) in [6.07, 6.45) is 1.41. The molecule has 1 aromatic heterocycles. The Kier molecular flexibility index (Phi) is 7.01. The number of nitrogens with zero attached hydrogens (tertiary/aromatic N) is 4. The third-order valence-electron chi connectivity index (χ3n) is 6.16. The zero-order valence-corrected chi connectivity index (χ0v) is 18.2. The molecule has 0 aliphatic carbocycles. The second kappa shape index (κ2) is 9.89. The highest BCUT2D eigenvalue weighted by Crippen LogP contribution is 2.24. The molecule has 2 fully saturated rings. The molecule has 0 saturated carbocycles.